The number of rotatable bonds is 5. The van der Waals surface area contributed by atoms with E-state index in [1.807, 2.05) is 62.4 Å². The molecule has 4 heterocycles. The van der Waals surface area contributed by atoms with Gasteiger partial charge in [-0.1, -0.05) is 36.4 Å². The summed E-state index contributed by atoms with van der Waals surface area (Å²) in [6.07, 6.45) is 1.63. The average molecular weight is 533 g/mol. The molecule has 0 fully saturated rings. The highest BCUT2D eigenvalue weighted by molar-refractivity contribution is 6.05. The Balaban J connectivity index is 1.23. The first kappa shape index (κ1) is 25.9. The van der Waals surface area contributed by atoms with Gasteiger partial charge in [0.05, 0.1) is 0 Å². The second kappa shape index (κ2) is 11.0. The van der Waals surface area contributed by atoms with E-state index in [4.69, 9.17) is 0 Å². The fourth-order valence-corrected chi connectivity index (χ4v) is 5.43. The molecule has 0 bridgehead atoms. The largest absolute Gasteiger partial charge is 0.320 e. The molecule has 4 aromatic rings. The van der Waals surface area contributed by atoms with E-state index in [9.17, 15) is 9.59 Å². The van der Waals surface area contributed by atoms with Gasteiger partial charge < -0.3 is 21.3 Å². The lowest BCUT2D eigenvalue weighted by Gasteiger charge is -2.18. The van der Waals surface area contributed by atoms with Gasteiger partial charge in [-0.2, -0.15) is 0 Å². The zero-order valence-corrected chi connectivity index (χ0v) is 22.7. The zero-order valence-electron chi connectivity index (χ0n) is 22.7. The standard InChI is InChI=1S/C32H32N6O2/c1-19-23(5-3-7-25(19)37-31(39)29-11-9-21-17-33-15-13-27(21)35-29)24-6-4-8-26(20(24)2)38-32(40)30-12-10-22-18-34-16-14-28(22)36-30/h3-12,33-34H,13-18H2,1-2H3,(H,37,39)(H,38,40). The van der Waals surface area contributed by atoms with Crippen LogP contribution in [-0.4, -0.2) is 34.9 Å². The summed E-state index contributed by atoms with van der Waals surface area (Å²) in [6.45, 7) is 7.29. The molecule has 8 heteroatoms. The number of carbonyl (C=O) groups is 2. The number of pyridine rings is 2. The highest BCUT2D eigenvalue weighted by Crippen LogP contribution is 2.34. The number of hydrogen-bond acceptors (Lipinski definition) is 6. The van der Waals surface area contributed by atoms with Gasteiger partial charge in [0.25, 0.3) is 11.8 Å². The molecule has 2 aromatic heterocycles. The van der Waals surface area contributed by atoms with Gasteiger partial charge in [-0.3, -0.25) is 9.59 Å². The number of nitrogens with one attached hydrogen (secondary N) is 4. The van der Waals surface area contributed by atoms with Crippen LogP contribution < -0.4 is 21.3 Å². The van der Waals surface area contributed by atoms with Crippen molar-refractivity contribution >= 4 is 23.2 Å². The fraction of sp³-hybridized carbons (Fsp3) is 0.250. The monoisotopic (exact) mass is 532 g/mol. The number of benzene rings is 2. The average Bonchev–Trinajstić information content (AvgIpc) is 2.99. The molecule has 0 radical (unpaired) electrons. The van der Waals surface area contributed by atoms with Crippen LogP contribution in [0.4, 0.5) is 11.4 Å². The molecule has 2 aromatic carbocycles. The Morgan fingerprint density at radius 1 is 0.650 bits per heavy atom. The predicted molar refractivity (Wildman–Crippen MR) is 157 cm³/mol. The first-order chi connectivity index (χ1) is 19.5. The second-order valence-corrected chi connectivity index (χ2v) is 10.3. The number of aromatic nitrogens is 2. The molecule has 2 amide bonds. The molecule has 202 valence electrons. The maximum atomic E-state index is 13.1. The lowest BCUT2D eigenvalue weighted by atomic mass is 9.94. The van der Waals surface area contributed by atoms with Gasteiger partial charge in [-0.25, -0.2) is 9.97 Å². The maximum Gasteiger partial charge on any atom is 0.274 e. The molecular weight excluding hydrogens is 500 g/mol. The number of anilines is 2. The first-order valence-electron chi connectivity index (χ1n) is 13.7. The number of hydrogen-bond donors (Lipinski definition) is 4. The van der Waals surface area contributed by atoms with Crippen LogP contribution in [-0.2, 0) is 25.9 Å². The normalized spacial score (nSPS) is 14.2. The molecule has 0 unspecified atom stereocenters. The van der Waals surface area contributed by atoms with Crippen LogP contribution in [0.1, 0.15) is 54.6 Å². The molecule has 0 saturated carbocycles. The molecule has 4 N–H and O–H groups in total. The van der Waals surface area contributed by atoms with E-state index < -0.39 is 0 Å². The van der Waals surface area contributed by atoms with Crippen LogP contribution in [0.15, 0.2) is 60.7 Å². The number of nitrogens with zero attached hydrogens (tertiary/aromatic N) is 2. The van der Waals surface area contributed by atoms with Gasteiger partial charge in [0.2, 0.25) is 0 Å². The summed E-state index contributed by atoms with van der Waals surface area (Å²) in [6, 6.07) is 19.2. The third-order valence-corrected chi connectivity index (χ3v) is 7.76. The summed E-state index contributed by atoms with van der Waals surface area (Å²) in [5.74, 6) is -0.458. The summed E-state index contributed by atoms with van der Waals surface area (Å²) in [4.78, 5) is 35.5. The molecule has 2 aliphatic rings. The van der Waals surface area contributed by atoms with E-state index in [-0.39, 0.29) is 11.8 Å². The van der Waals surface area contributed by atoms with Crippen molar-refractivity contribution in [2.75, 3.05) is 23.7 Å². The van der Waals surface area contributed by atoms with E-state index in [0.29, 0.717) is 11.4 Å². The Morgan fingerprint density at radius 3 is 1.55 bits per heavy atom. The van der Waals surface area contributed by atoms with Crippen molar-refractivity contribution in [2.24, 2.45) is 0 Å². The predicted octanol–water partition coefficient (Wildman–Crippen LogP) is 4.56. The molecular formula is C32H32N6O2. The van der Waals surface area contributed by atoms with Crippen molar-refractivity contribution in [1.29, 1.82) is 0 Å². The number of amides is 2. The van der Waals surface area contributed by atoms with Gasteiger partial charge in [0, 0.05) is 61.8 Å². The van der Waals surface area contributed by atoms with Gasteiger partial charge in [0.1, 0.15) is 11.4 Å². The van der Waals surface area contributed by atoms with Crippen LogP contribution in [0.25, 0.3) is 11.1 Å². The SMILES string of the molecule is Cc1c(NC(=O)c2ccc3c(n2)CCNC3)cccc1-c1cccc(NC(=O)c2ccc3c(n2)CCNC3)c1C. The molecule has 0 spiro atoms. The van der Waals surface area contributed by atoms with Gasteiger partial charge in [0.15, 0.2) is 0 Å². The van der Waals surface area contributed by atoms with Crippen LogP contribution in [0, 0.1) is 13.8 Å². The quantitative estimate of drug-likeness (QED) is 0.300. The van der Waals surface area contributed by atoms with Gasteiger partial charge in [-0.15, -0.1) is 0 Å². The zero-order chi connectivity index (χ0) is 27.6. The first-order valence-corrected chi connectivity index (χ1v) is 13.7. The van der Waals surface area contributed by atoms with Crippen LogP contribution in [0.3, 0.4) is 0 Å². The molecule has 2 aliphatic heterocycles. The minimum Gasteiger partial charge on any atom is -0.320 e. The summed E-state index contributed by atoms with van der Waals surface area (Å²) < 4.78 is 0. The van der Waals surface area contributed by atoms with Gasteiger partial charge >= 0.3 is 0 Å². The maximum absolute atomic E-state index is 13.1. The lowest BCUT2D eigenvalue weighted by Crippen LogP contribution is -2.26. The van der Waals surface area contributed by atoms with Crippen LogP contribution in [0.5, 0.6) is 0 Å². The van der Waals surface area contributed by atoms with Crippen molar-refractivity contribution < 1.29 is 9.59 Å². The van der Waals surface area contributed by atoms with E-state index in [0.717, 1.165) is 95.2 Å². The number of fused-ring (bicyclic) bond motifs is 2. The van der Waals surface area contributed by atoms with E-state index in [1.165, 1.54) is 0 Å². The molecule has 40 heavy (non-hydrogen) atoms. The Morgan fingerprint density at radius 2 is 1.10 bits per heavy atom. The molecule has 0 saturated heterocycles. The van der Waals surface area contributed by atoms with Crippen molar-refractivity contribution in [1.82, 2.24) is 20.6 Å². The van der Waals surface area contributed by atoms with E-state index in [2.05, 4.69) is 31.2 Å². The van der Waals surface area contributed by atoms with Crippen LogP contribution in [0.2, 0.25) is 0 Å². The second-order valence-electron chi connectivity index (χ2n) is 10.3. The van der Waals surface area contributed by atoms with Crippen molar-refractivity contribution in [3.8, 4) is 11.1 Å². The summed E-state index contributed by atoms with van der Waals surface area (Å²) in [5.41, 5.74) is 10.4. The summed E-state index contributed by atoms with van der Waals surface area (Å²) >= 11 is 0. The summed E-state index contributed by atoms with van der Waals surface area (Å²) in [7, 11) is 0. The third-order valence-electron chi connectivity index (χ3n) is 7.76. The Labute approximate surface area is 233 Å². The third kappa shape index (κ3) is 5.11. The topological polar surface area (TPSA) is 108 Å². The Bertz CT molecular complexity index is 1510. The fourth-order valence-electron chi connectivity index (χ4n) is 5.43. The lowest BCUT2D eigenvalue weighted by molar-refractivity contribution is 0.101. The van der Waals surface area contributed by atoms with Crippen LogP contribution >= 0.6 is 0 Å². The Kier molecular flexibility index (Phi) is 7.11. The highest BCUT2D eigenvalue weighted by atomic mass is 16.2. The minimum atomic E-state index is -0.229. The van der Waals surface area contributed by atoms with Crippen molar-refractivity contribution in [3.05, 3.63) is 106 Å². The van der Waals surface area contributed by atoms with Crippen molar-refractivity contribution in [3.63, 3.8) is 0 Å². The smallest absolute Gasteiger partial charge is 0.274 e. The Hall–Kier alpha value is -4.40. The molecule has 0 aliphatic carbocycles. The summed E-state index contributed by atoms with van der Waals surface area (Å²) in [5, 5.41) is 12.8. The van der Waals surface area contributed by atoms with E-state index in [1.54, 1.807) is 12.1 Å². The minimum absolute atomic E-state index is 0.229. The van der Waals surface area contributed by atoms with Gasteiger partial charge in [-0.05, 0) is 71.5 Å². The molecule has 6 rings (SSSR count). The van der Waals surface area contributed by atoms with E-state index >= 15 is 0 Å². The molecule has 8 nitrogen and oxygen atoms in total. The number of carbonyl (C=O) groups excluding carboxylic acids is 2. The molecule has 0 atom stereocenters. The highest BCUT2D eigenvalue weighted by Gasteiger charge is 2.18. The van der Waals surface area contributed by atoms with Crippen molar-refractivity contribution in [2.45, 2.75) is 39.8 Å².